The summed E-state index contributed by atoms with van der Waals surface area (Å²) < 4.78 is 12.3. The molecular formula is C21H37N3O4. The number of aryl methyl sites for hydroxylation is 1. The fourth-order valence-corrected chi connectivity index (χ4v) is 2.87. The number of rotatable bonds is 12. The zero-order valence-electron chi connectivity index (χ0n) is 18.4. The zero-order chi connectivity index (χ0) is 21.2. The van der Waals surface area contributed by atoms with Crippen molar-refractivity contribution in [2.75, 3.05) is 47.1 Å². The first-order chi connectivity index (χ1) is 13.2. The van der Waals surface area contributed by atoms with E-state index in [1.807, 2.05) is 50.7 Å². The molecule has 0 unspecified atom stereocenters. The van der Waals surface area contributed by atoms with Gasteiger partial charge in [0.1, 0.15) is 0 Å². The van der Waals surface area contributed by atoms with Crippen LogP contribution >= 0.6 is 0 Å². The van der Waals surface area contributed by atoms with Crippen molar-refractivity contribution in [1.82, 2.24) is 14.4 Å². The molecule has 0 radical (unpaired) electrons. The predicted octanol–water partition coefficient (Wildman–Crippen LogP) is 2.30. The van der Waals surface area contributed by atoms with E-state index in [1.54, 1.807) is 24.0 Å². The normalized spacial score (nSPS) is 11.5. The highest BCUT2D eigenvalue weighted by Gasteiger charge is 2.25. The van der Waals surface area contributed by atoms with Gasteiger partial charge in [0.15, 0.2) is 0 Å². The molecule has 1 aromatic rings. The van der Waals surface area contributed by atoms with E-state index in [1.165, 1.54) is 0 Å². The minimum Gasteiger partial charge on any atom is -0.385 e. The van der Waals surface area contributed by atoms with Crippen molar-refractivity contribution in [2.24, 2.45) is 12.5 Å². The Morgan fingerprint density at radius 3 is 2.25 bits per heavy atom. The predicted molar refractivity (Wildman–Crippen MR) is 110 cm³/mol. The number of carbonyl (C=O) groups excluding carboxylic acids is 2. The van der Waals surface area contributed by atoms with Gasteiger partial charge in [-0.2, -0.15) is 0 Å². The lowest BCUT2D eigenvalue weighted by Crippen LogP contribution is -2.45. The van der Waals surface area contributed by atoms with E-state index in [0.717, 1.165) is 5.69 Å². The van der Waals surface area contributed by atoms with E-state index in [9.17, 15) is 9.59 Å². The highest BCUT2D eigenvalue weighted by molar-refractivity contribution is 5.85. The number of nitrogens with zero attached hydrogens (tertiary/aromatic N) is 3. The average Bonchev–Trinajstić information content (AvgIpc) is 3.00. The number of hydrogen-bond donors (Lipinski definition) is 0. The van der Waals surface area contributed by atoms with Crippen molar-refractivity contribution in [1.29, 1.82) is 0 Å². The average molecular weight is 396 g/mol. The molecule has 0 N–H and O–H groups in total. The third-order valence-electron chi connectivity index (χ3n) is 4.46. The van der Waals surface area contributed by atoms with Gasteiger partial charge in [0.05, 0.1) is 19.7 Å². The van der Waals surface area contributed by atoms with Crippen LogP contribution in [0.15, 0.2) is 18.3 Å². The Kier molecular flexibility index (Phi) is 10.2. The van der Waals surface area contributed by atoms with Gasteiger partial charge in [-0.15, -0.1) is 0 Å². The highest BCUT2D eigenvalue weighted by Crippen LogP contribution is 2.20. The fraction of sp³-hybridized carbons (Fsp3) is 0.714. The zero-order valence-corrected chi connectivity index (χ0v) is 18.4. The van der Waals surface area contributed by atoms with Gasteiger partial charge >= 0.3 is 0 Å². The Bertz CT molecular complexity index is 607. The molecule has 2 amide bonds. The number of amides is 2. The molecule has 160 valence electrons. The first-order valence-corrected chi connectivity index (χ1v) is 9.81. The second-order valence-corrected chi connectivity index (χ2v) is 8.32. The first-order valence-electron chi connectivity index (χ1n) is 9.81. The lowest BCUT2D eigenvalue weighted by atomic mass is 9.91. The molecule has 7 heteroatoms. The lowest BCUT2D eigenvalue weighted by Gasteiger charge is -2.29. The summed E-state index contributed by atoms with van der Waals surface area (Å²) in [5.41, 5.74) is 0.912. The molecule has 0 atom stereocenters. The Labute approximate surface area is 169 Å². The summed E-state index contributed by atoms with van der Waals surface area (Å²) in [6.07, 6.45) is 3.07. The summed E-state index contributed by atoms with van der Waals surface area (Å²) in [5.74, 6) is -0.0690. The maximum atomic E-state index is 13.0. The molecule has 0 saturated heterocycles. The van der Waals surface area contributed by atoms with E-state index in [0.29, 0.717) is 45.7 Å². The van der Waals surface area contributed by atoms with Crippen molar-refractivity contribution in [3.05, 3.63) is 24.0 Å². The SMILES string of the molecule is COCCCN(CC(=O)N(CCOC)Cc1cccn1C)C(=O)CC(C)(C)C. The molecule has 1 rings (SSSR count). The van der Waals surface area contributed by atoms with E-state index >= 15 is 0 Å². The molecular weight excluding hydrogens is 358 g/mol. The van der Waals surface area contributed by atoms with Gasteiger partial charge in [-0.25, -0.2) is 0 Å². The minimum atomic E-state index is -0.127. The van der Waals surface area contributed by atoms with Crippen LogP contribution in [0.1, 0.15) is 39.3 Å². The van der Waals surface area contributed by atoms with Gasteiger partial charge in [-0.3, -0.25) is 9.59 Å². The Morgan fingerprint density at radius 2 is 1.71 bits per heavy atom. The molecule has 0 aromatic carbocycles. The van der Waals surface area contributed by atoms with Gasteiger partial charge in [-0.1, -0.05) is 20.8 Å². The molecule has 0 saturated carbocycles. The van der Waals surface area contributed by atoms with E-state index in [4.69, 9.17) is 9.47 Å². The summed E-state index contributed by atoms with van der Waals surface area (Å²) in [7, 11) is 5.21. The minimum absolute atomic E-state index is 0.00233. The standard InChI is InChI=1S/C21H37N3O4/c1-21(2,3)15-19(25)23(11-8-13-27-5)17-20(26)24(12-14-28-6)16-18-9-7-10-22(18)4/h7,9-10H,8,11-17H2,1-6H3. The van der Waals surface area contributed by atoms with Crippen molar-refractivity contribution in [3.8, 4) is 0 Å². The number of carbonyl (C=O) groups is 2. The maximum absolute atomic E-state index is 13.0. The third-order valence-corrected chi connectivity index (χ3v) is 4.46. The Morgan fingerprint density at radius 1 is 1.04 bits per heavy atom. The molecule has 0 fully saturated rings. The van der Waals surface area contributed by atoms with Crippen molar-refractivity contribution in [2.45, 2.75) is 40.2 Å². The van der Waals surface area contributed by atoms with Crippen molar-refractivity contribution >= 4 is 11.8 Å². The third kappa shape index (κ3) is 8.89. The molecule has 1 heterocycles. The van der Waals surface area contributed by atoms with Gasteiger partial charge in [0.2, 0.25) is 11.8 Å². The van der Waals surface area contributed by atoms with Crippen LogP contribution in [-0.4, -0.2) is 73.2 Å². The fourth-order valence-electron chi connectivity index (χ4n) is 2.87. The van der Waals surface area contributed by atoms with Crippen LogP contribution in [0.25, 0.3) is 0 Å². The van der Waals surface area contributed by atoms with Crippen LogP contribution < -0.4 is 0 Å². The largest absolute Gasteiger partial charge is 0.385 e. The summed E-state index contributed by atoms with van der Waals surface area (Å²) in [6, 6.07) is 3.95. The van der Waals surface area contributed by atoms with Crippen LogP contribution in [-0.2, 0) is 32.7 Å². The monoisotopic (exact) mass is 395 g/mol. The van der Waals surface area contributed by atoms with Crippen LogP contribution in [0, 0.1) is 5.41 Å². The number of hydrogen-bond acceptors (Lipinski definition) is 4. The molecule has 0 spiro atoms. The molecule has 0 aliphatic rings. The van der Waals surface area contributed by atoms with E-state index in [-0.39, 0.29) is 23.8 Å². The molecule has 7 nitrogen and oxygen atoms in total. The molecule has 0 aliphatic heterocycles. The summed E-state index contributed by atoms with van der Waals surface area (Å²) in [4.78, 5) is 29.2. The van der Waals surface area contributed by atoms with Crippen LogP contribution in [0.4, 0.5) is 0 Å². The number of ether oxygens (including phenoxy) is 2. The number of methoxy groups -OCH3 is 2. The quantitative estimate of drug-likeness (QED) is 0.510. The van der Waals surface area contributed by atoms with Crippen LogP contribution in [0.3, 0.4) is 0 Å². The topological polar surface area (TPSA) is 64.0 Å². The summed E-state index contributed by atoms with van der Waals surface area (Å²) >= 11 is 0. The van der Waals surface area contributed by atoms with Crippen molar-refractivity contribution in [3.63, 3.8) is 0 Å². The van der Waals surface area contributed by atoms with Gasteiger partial charge in [0, 0.05) is 59.3 Å². The van der Waals surface area contributed by atoms with E-state index in [2.05, 4.69) is 0 Å². The van der Waals surface area contributed by atoms with Crippen LogP contribution in [0.2, 0.25) is 0 Å². The molecule has 0 bridgehead atoms. The highest BCUT2D eigenvalue weighted by atomic mass is 16.5. The second-order valence-electron chi connectivity index (χ2n) is 8.32. The molecule has 1 aromatic heterocycles. The molecule has 28 heavy (non-hydrogen) atoms. The second kappa shape index (κ2) is 11.9. The Hall–Kier alpha value is -1.86. The van der Waals surface area contributed by atoms with Crippen molar-refractivity contribution < 1.29 is 19.1 Å². The van der Waals surface area contributed by atoms with Gasteiger partial charge < -0.3 is 23.8 Å². The summed E-state index contributed by atoms with van der Waals surface area (Å²) in [5, 5.41) is 0. The van der Waals surface area contributed by atoms with Crippen LogP contribution in [0.5, 0.6) is 0 Å². The Balaban J connectivity index is 2.85. The molecule has 0 aliphatic carbocycles. The number of aromatic nitrogens is 1. The van der Waals surface area contributed by atoms with Gasteiger partial charge in [-0.05, 0) is 24.0 Å². The van der Waals surface area contributed by atoms with E-state index < -0.39 is 0 Å². The maximum Gasteiger partial charge on any atom is 0.242 e. The summed E-state index contributed by atoms with van der Waals surface area (Å²) in [6.45, 7) is 8.66. The lowest BCUT2D eigenvalue weighted by molar-refractivity contribution is -0.142. The smallest absolute Gasteiger partial charge is 0.242 e. The first kappa shape index (κ1) is 24.2. The van der Waals surface area contributed by atoms with Gasteiger partial charge in [0.25, 0.3) is 0 Å².